The van der Waals surface area contributed by atoms with Gasteiger partial charge >= 0.3 is 0 Å². The first-order valence-corrected chi connectivity index (χ1v) is 6.33. The Balaban J connectivity index is 2.25. The fourth-order valence-corrected chi connectivity index (χ4v) is 1.74. The maximum atomic E-state index is 5.98. The minimum absolute atomic E-state index is 0.409. The van der Waals surface area contributed by atoms with E-state index in [4.69, 9.17) is 10.5 Å². The van der Waals surface area contributed by atoms with E-state index in [1.807, 2.05) is 19.1 Å². The molecule has 0 spiro atoms. The van der Waals surface area contributed by atoms with Gasteiger partial charge in [-0.1, -0.05) is 19.1 Å². The van der Waals surface area contributed by atoms with Gasteiger partial charge in [-0.15, -0.1) is 0 Å². The molecule has 0 unspecified atom stereocenters. The highest BCUT2D eigenvalue weighted by Gasteiger charge is 2.09. The summed E-state index contributed by atoms with van der Waals surface area (Å²) in [6.07, 6.45) is 2.42. The van der Waals surface area contributed by atoms with Crippen LogP contribution >= 0.6 is 0 Å². The first-order chi connectivity index (χ1) is 9.24. The van der Waals surface area contributed by atoms with E-state index in [0.717, 1.165) is 12.1 Å². The molecule has 1 heterocycles. The van der Waals surface area contributed by atoms with Gasteiger partial charge in [0.05, 0.1) is 6.61 Å². The Kier molecular flexibility index (Phi) is 4.18. The van der Waals surface area contributed by atoms with E-state index in [9.17, 15) is 0 Å². The first kappa shape index (κ1) is 13.1. The predicted octanol–water partition coefficient (Wildman–Crippen LogP) is 2.76. The minimum atomic E-state index is 0.409. The first-order valence-electron chi connectivity index (χ1n) is 6.33. The number of aryl methyl sites for hydroxylation is 1. The minimum Gasteiger partial charge on any atom is -0.476 e. The summed E-state index contributed by atoms with van der Waals surface area (Å²) in [6.45, 7) is 4.52. The molecule has 0 aliphatic rings. The largest absolute Gasteiger partial charge is 0.476 e. The van der Waals surface area contributed by atoms with Crippen molar-refractivity contribution in [2.45, 2.75) is 20.3 Å². The van der Waals surface area contributed by atoms with Crippen LogP contribution in [0.5, 0.6) is 5.88 Å². The molecule has 0 aliphatic heterocycles. The van der Waals surface area contributed by atoms with E-state index >= 15 is 0 Å². The Morgan fingerprint density at radius 2 is 2.11 bits per heavy atom. The number of hydrogen-bond donors (Lipinski definition) is 2. The summed E-state index contributed by atoms with van der Waals surface area (Å²) in [7, 11) is 0. The molecule has 0 aliphatic carbocycles. The van der Waals surface area contributed by atoms with Crippen molar-refractivity contribution in [1.82, 2.24) is 9.97 Å². The molecule has 0 radical (unpaired) electrons. The van der Waals surface area contributed by atoms with E-state index < -0.39 is 0 Å². The van der Waals surface area contributed by atoms with Gasteiger partial charge in [0.1, 0.15) is 12.0 Å². The lowest BCUT2D eigenvalue weighted by molar-refractivity contribution is 0.328. The lowest BCUT2D eigenvalue weighted by atomic mass is 10.1. The van der Waals surface area contributed by atoms with Crippen LogP contribution < -0.4 is 15.8 Å². The molecule has 0 bridgehead atoms. The van der Waals surface area contributed by atoms with Gasteiger partial charge in [-0.25, -0.2) is 4.98 Å². The molecular formula is C14H18N4O. The van der Waals surface area contributed by atoms with Gasteiger partial charge in [-0.05, 0) is 31.0 Å². The van der Waals surface area contributed by atoms with E-state index in [1.54, 1.807) is 0 Å². The standard InChI is InChI=1S/C14H18N4O/c1-3-10-6-5-7-11(8-10)18-13-12(15)14(19-4-2)17-9-16-13/h5-9H,3-4,15H2,1-2H3,(H,16,17,18). The summed E-state index contributed by atoms with van der Waals surface area (Å²) in [5, 5.41) is 3.19. The second-order valence-electron chi connectivity index (χ2n) is 4.05. The van der Waals surface area contributed by atoms with Crippen molar-refractivity contribution in [1.29, 1.82) is 0 Å². The molecule has 100 valence electrons. The topological polar surface area (TPSA) is 73.1 Å². The fraction of sp³-hybridized carbons (Fsp3) is 0.286. The van der Waals surface area contributed by atoms with Crippen molar-refractivity contribution in [2.75, 3.05) is 17.7 Å². The summed E-state index contributed by atoms with van der Waals surface area (Å²) >= 11 is 0. The molecule has 0 saturated carbocycles. The molecule has 19 heavy (non-hydrogen) atoms. The Labute approximate surface area is 112 Å². The van der Waals surface area contributed by atoms with Crippen LogP contribution in [0.25, 0.3) is 0 Å². The second kappa shape index (κ2) is 6.04. The SMILES string of the molecule is CCOc1ncnc(Nc2cccc(CC)c2)c1N. The van der Waals surface area contributed by atoms with Crippen LogP contribution in [0.2, 0.25) is 0 Å². The van der Waals surface area contributed by atoms with Gasteiger partial charge in [-0.3, -0.25) is 0 Å². The number of nitrogens with zero attached hydrogens (tertiary/aromatic N) is 2. The molecule has 0 amide bonds. The molecule has 5 nitrogen and oxygen atoms in total. The predicted molar refractivity (Wildman–Crippen MR) is 76.7 cm³/mol. The number of nitrogen functional groups attached to an aromatic ring is 1. The highest BCUT2D eigenvalue weighted by Crippen LogP contribution is 2.27. The Morgan fingerprint density at radius 1 is 1.26 bits per heavy atom. The number of nitrogens with two attached hydrogens (primary N) is 1. The Morgan fingerprint density at radius 3 is 2.84 bits per heavy atom. The summed E-state index contributed by atoms with van der Waals surface area (Å²) in [5.74, 6) is 0.971. The van der Waals surface area contributed by atoms with E-state index in [1.165, 1.54) is 11.9 Å². The molecular weight excluding hydrogens is 240 g/mol. The summed E-state index contributed by atoms with van der Waals surface area (Å²) in [6, 6.07) is 8.13. The number of hydrogen-bond acceptors (Lipinski definition) is 5. The van der Waals surface area contributed by atoms with Gasteiger partial charge < -0.3 is 15.8 Å². The molecule has 1 aromatic heterocycles. The number of aromatic nitrogens is 2. The van der Waals surface area contributed by atoms with Crippen molar-refractivity contribution >= 4 is 17.2 Å². The van der Waals surface area contributed by atoms with Crippen molar-refractivity contribution in [3.63, 3.8) is 0 Å². The number of anilines is 3. The van der Waals surface area contributed by atoms with Crippen LogP contribution in [-0.2, 0) is 6.42 Å². The van der Waals surface area contributed by atoms with Crippen LogP contribution in [0.1, 0.15) is 19.4 Å². The number of rotatable bonds is 5. The lowest BCUT2D eigenvalue weighted by Crippen LogP contribution is -2.05. The van der Waals surface area contributed by atoms with Gasteiger partial charge in [0.15, 0.2) is 5.82 Å². The third-order valence-electron chi connectivity index (χ3n) is 2.73. The molecule has 3 N–H and O–H groups in total. The van der Waals surface area contributed by atoms with Crippen molar-refractivity contribution < 1.29 is 4.74 Å². The zero-order valence-corrected chi connectivity index (χ0v) is 11.2. The highest BCUT2D eigenvalue weighted by molar-refractivity contribution is 5.72. The van der Waals surface area contributed by atoms with Gasteiger partial charge in [0.2, 0.25) is 5.88 Å². The number of nitrogens with one attached hydrogen (secondary N) is 1. The van der Waals surface area contributed by atoms with Gasteiger partial charge in [0, 0.05) is 5.69 Å². The van der Waals surface area contributed by atoms with E-state index in [2.05, 4.69) is 34.3 Å². The molecule has 2 rings (SSSR count). The summed E-state index contributed by atoms with van der Waals surface area (Å²) in [5.41, 5.74) is 8.60. The smallest absolute Gasteiger partial charge is 0.242 e. The maximum absolute atomic E-state index is 5.98. The van der Waals surface area contributed by atoms with Crippen LogP contribution in [0, 0.1) is 0 Å². The van der Waals surface area contributed by atoms with Crippen LogP contribution in [0.15, 0.2) is 30.6 Å². The van der Waals surface area contributed by atoms with Crippen LogP contribution in [0.4, 0.5) is 17.2 Å². The normalized spacial score (nSPS) is 10.2. The van der Waals surface area contributed by atoms with Crippen molar-refractivity contribution in [3.8, 4) is 5.88 Å². The Hall–Kier alpha value is -2.30. The second-order valence-corrected chi connectivity index (χ2v) is 4.05. The molecule has 0 atom stereocenters. The van der Waals surface area contributed by atoms with E-state index in [0.29, 0.717) is 24.0 Å². The molecule has 1 aromatic carbocycles. The maximum Gasteiger partial charge on any atom is 0.242 e. The third kappa shape index (κ3) is 3.13. The van der Waals surface area contributed by atoms with Crippen molar-refractivity contribution in [2.24, 2.45) is 0 Å². The fourth-order valence-electron chi connectivity index (χ4n) is 1.74. The molecule has 2 aromatic rings. The quantitative estimate of drug-likeness (QED) is 0.862. The Bertz CT molecular complexity index is 557. The summed E-state index contributed by atoms with van der Waals surface area (Å²) in [4.78, 5) is 8.15. The molecule has 0 saturated heterocycles. The third-order valence-corrected chi connectivity index (χ3v) is 2.73. The number of ether oxygens (including phenoxy) is 1. The summed E-state index contributed by atoms with van der Waals surface area (Å²) < 4.78 is 5.34. The van der Waals surface area contributed by atoms with Crippen LogP contribution in [0.3, 0.4) is 0 Å². The van der Waals surface area contributed by atoms with Gasteiger partial charge in [0.25, 0.3) is 0 Å². The number of benzene rings is 1. The average molecular weight is 258 g/mol. The lowest BCUT2D eigenvalue weighted by Gasteiger charge is -2.11. The van der Waals surface area contributed by atoms with Crippen molar-refractivity contribution in [3.05, 3.63) is 36.2 Å². The molecule has 0 fully saturated rings. The van der Waals surface area contributed by atoms with E-state index in [-0.39, 0.29) is 0 Å². The zero-order valence-electron chi connectivity index (χ0n) is 11.2. The van der Waals surface area contributed by atoms with Crippen LogP contribution in [-0.4, -0.2) is 16.6 Å². The van der Waals surface area contributed by atoms with Gasteiger partial charge in [-0.2, -0.15) is 4.98 Å². The molecule has 5 heteroatoms. The highest BCUT2D eigenvalue weighted by atomic mass is 16.5. The average Bonchev–Trinajstić information content (AvgIpc) is 2.44. The monoisotopic (exact) mass is 258 g/mol. The zero-order chi connectivity index (χ0) is 13.7.